The van der Waals surface area contributed by atoms with Crippen LogP contribution in [0.15, 0.2) is 10.2 Å². The van der Waals surface area contributed by atoms with E-state index in [1.54, 1.807) is 0 Å². The first-order valence-corrected chi connectivity index (χ1v) is 7.42. The van der Waals surface area contributed by atoms with Gasteiger partial charge in [-0.1, -0.05) is 0 Å². The number of terminal acetylenes is 1. The fourth-order valence-electron chi connectivity index (χ4n) is 3.55. The Labute approximate surface area is 123 Å². The second-order valence-corrected chi connectivity index (χ2v) is 6.37. The van der Waals surface area contributed by atoms with Gasteiger partial charge >= 0.3 is 5.97 Å². The van der Waals surface area contributed by atoms with Crippen molar-refractivity contribution in [3.05, 3.63) is 0 Å². The van der Waals surface area contributed by atoms with Crippen LogP contribution in [0.5, 0.6) is 0 Å². The van der Waals surface area contributed by atoms with Crippen LogP contribution in [0.1, 0.15) is 44.9 Å². The number of hydrogen-bond acceptors (Lipinski definition) is 4. The molecule has 6 heteroatoms. The van der Waals surface area contributed by atoms with Crippen LogP contribution < -0.4 is 5.32 Å². The summed E-state index contributed by atoms with van der Waals surface area (Å²) in [6.45, 7) is 0. The number of fused-ring (bicyclic) bond motifs is 1. The van der Waals surface area contributed by atoms with Crippen molar-refractivity contribution in [3.63, 3.8) is 0 Å². The fourth-order valence-corrected chi connectivity index (χ4v) is 3.55. The second-order valence-electron chi connectivity index (χ2n) is 6.37. The summed E-state index contributed by atoms with van der Waals surface area (Å²) >= 11 is 0. The molecule has 2 saturated carbocycles. The van der Waals surface area contributed by atoms with Crippen molar-refractivity contribution in [1.82, 2.24) is 5.32 Å². The van der Waals surface area contributed by atoms with E-state index in [2.05, 4.69) is 21.5 Å². The smallest absolute Gasteiger partial charge is 0.310 e. The molecule has 0 saturated heterocycles. The minimum absolute atomic E-state index is 0.0170. The molecule has 112 valence electrons. The van der Waals surface area contributed by atoms with Crippen LogP contribution in [0.25, 0.3) is 0 Å². The van der Waals surface area contributed by atoms with Crippen molar-refractivity contribution in [2.24, 2.45) is 21.6 Å². The molecule has 3 rings (SSSR count). The molecule has 1 aliphatic heterocycles. The third-order valence-electron chi connectivity index (χ3n) is 5.10. The molecule has 0 unspecified atom stereocenters. The summed E-state index contributed by atoms with van der Waals surface area (Å²) in [5.74, 6) is 1.92. The van der Waals surface area contributed by atoms with Gasteiger partial charge in [0.1, 0.15) is 0 Å². The largest absolute Gasteiger partial charge is 0.481 e. The van der Waals surface area contributed by atoms with Gasteiger partial charge in [-0.3, -0.25) is 9.59 Å². The summed E-state index contributed by atoms with van der Waals surface area (Å²) in [7, 11) is 0. The number of carbonyl (C=O) groups excluding carboxylic acids is 1. The predicted molar refractivity (Wildman–Crippen MR) is 74.2 cm³/mol. The van der Waals surface area contributed by atoms with Crippen molar-refractivity contribution in [2.45, 2.75) is 56.7 Å². The molecule has 0 aromatic heterocycles. The van der Waals surface area contributed by atoms with E-state index in [0.29, 0.717) is 38.5 Å². The van der Waals surface area contributed by atoms with Gasteiger partial charge in [-0.15, -0.1) is 12.3 Å². The Hall–Kier alpha value is -1.90. The average Bonchev–Trinajstić information content (AvgIpc) is 3.35. The lowest BCUT2D eigenvalue weighted by molar-refractivity contribution is -0.143. The highest BCUT2D eigenvalue weighted by Crippen LogP contribution is 2.63. The molecule has 1 heterocycles. The maximum atomic E-state index is 12.0. The third kappa shape index (κ3) is 2.53. The topological polar surface area (TPSA) is 91.1 Å². The van der Waals surface area contributed by atoms with E-state index in [0.717, 1.165) is 6.42 Å². The van der Waals surface area contributed by atoms with Gasteiger partial charge in [0, 0.05) is 31.7 Å². The number of carboxylic acid groups (broad SMARTS) is 1. The molecule has 2 N–H and O–H groups in total. The SMILES string of the molecule is C#CCCC1(CCC(=O)N[C@H]2CC[C@@]3(C(=O)O)C[C@@H]23)N=N1. The van der Waals surface area contributed by atoms with Crippen LogP contribution in [0, 0.1) is 23.7 Å². The molecule has 2 aliphatic carbocycles. The minimum Gasteiger partial charge on any atom is -0.481 e. The predicted octanol–water partition coefficient (Wildman–Crippen LogP) is 1.71. The molecule has 1 amide bonds. The first-order valence-electron chi connectivity index (χ1n) is 7.42. The zero-order valence-electron chi connectivity index (χ0n) is 11.8. The quantitative estimate of drug-likeness (QED) is 0.699. The van der Waals surface area contributed by atoms with Gasteiger partial charge in [-0.25, -0.2) is 0 Å². The standard InChI is InChI=1S/C15H19N3O3/c1-2-3-6-15(17-18-15)8-5-12(19)16-11-4-7-14(13(20)21)9-10(11)14/h1,10-11H,3-9H2,(H,16,19)(H,20,21)/t10-,11-,14+/m0/s1. The number of nitrogens with zero attached hydrogens (tertiary/aromatic N) is 2. The number of carboxylic acids is 1. The van der Waals surface area contributed by atoms with E-state index in [1.165, 1.54) is 0 Å². The van der Waals surface area contributed by atoms with Crippen molar-refractivity contribution in [3.8, 4) is 12.3 Å². The molecule has 0 spiro atoms. The Balaban J connectivity index is 1.42. The Bertz CT molecular complexity index is 545. The van der Waals surface area contributed by atoms with E-state index in [9.17, 15) is 14.7 Å². The van der Waals surface area contributed by atoms with Gasteiger partial charge in [-0.2, -0.15) is 10.2 Å². The highest BCUT2D eigenvalue weighted by Gasteiger charge is 2.67. The summed E-state index contributed by atoms with van der Waals surface area (Å²) in [5, 5.41) is 20.2. The van der Waals surface area contributed by atoms with Gasteiger partial charge in [0.15, 0.2) is 5.66 Å². The Morgan fingerprint density at radius 2 is 2.14 bits per heavy atom. The summed E-state index contributed by atoms with van der Waals surface area (Å²) in [6, 6.07) is 0.0170. The first-order chi connectivity index (χ1) is 10.0. The summed E-state index contributed by atoms with van der Waals surface area (Å²) in [6.07, 6.45) is 9.62. The van der Waals surface area contributed by atoms with E-state index < -0.39 is 17.0 Å². The first kappa shape index (κ1) is 14.1. The molecular formula is C15H19N3O3. The fraction of sp³-hybridized carbons (Fsp3) is 0.733. The van der Waals surface area contributed by atoms with Crippen LogP contribution in [0.3, 0.4) is 0 Å². The number of nitrogens with one attached hydrogen (secondary N) is 1. The van der Waals surface area contributed by atoms with Gasteiger partial charge < -0.3 is 10.4 Å². The average molecular weight is 289 g/mol. The van der Waals surface area contributed by atoms with E-state index >= 15 is 0 Å². The van der Waals surface area contributed by atoms with Crippen LogP contribution in [0.2, 0.25) is 0 Å². The molecule has 2 fully saturated rings. The molecule has 21 heavy (non-hydrogen) atoms. The third-order valence-corrected chi connectivity index (χ3v) is 5.10. The number of aliphatic carboxylic acids is 1. The molecule has 0 bridgehead atoms. The molecule has 0 radical (unpaired) electrons. The molecule has 3 atom stereocenters. The number of hydrogen-bond donors (Lipinski definition) is 2. The number of amides is 1. The van der Waals surface area contributed by atoms with Crippen molar-refractivity contribution >= 4 is 11.9 Å². The number of carbonyl (C=O) groups is 2. The lowest BCUT2D eigenvalue weighted by atomic mass is 10.0. The summed E-state index contributed by atoms with van der Waals surface area (Å²) in [5.41, 5.74) is -0.975. The van der Waals surface area contributed by atoms with Crippen LogP contribution in [-0.4, -0.2) is 28.7 Å². The molecule has 3 aliphatic rings. The molecule has 0 aromatic rings. The van der Waals surface area contributed by atoms with E-state index in [4.69, 9.17) is 6.42 Å². The van der Waals surface area contributed by atoms with Crippen molar-refractivity contribution in [2.75, 3.05) is 0 Å². The minimum atomic E-state index is -0.715. The lowest BCUT2D eigenvalue weighted by Crippen LogP contribution is -2.35. The van der Waals surface area contributed by atoms with Crippen molar-refractivity contribution in [1.29, 1.82) is 0 Å². The van der Waals surface area contributed by atoms with Gasteiger partial charge in [-0.05, 0) is 25.2 Å². The monoisotopic (exact) mass is 289 g/mol. The number of rotatable bonds is 7. The van der Waals surface area contributed by atoms with E-state index in [-0.39, 0.29) is 17.9 Å². The Kier molecular flexibility index (Phi) is 3.23. The van der Waals surface area contributed by atoms with Crippen LogP contribution in [0.4, 0.5) is 0 Å². The Morgan fingerprint density at radius 3 is 2.67 bits per heavy atom. The van der Waals surface area contributed by atoms with Gasteiger partial charge in [0.05, 0.1) is 5.41 Å². The second kappa shape index (κ2) is 4.83. The lowest BCUT2D eigenvalue weighted by Gasteiger charge is -2.15. The zero-order valence-corrected chi connectivity index (χ0v) is 11.8. The highest BCUT2D eigenvalue weighted by atomic mass is 16.4. The Morgan fingerprint density at radius 1 is 1.38 bits per heavy atom. The summed E-state index contributed by atoms with van der Waals surface area (Å²) < 4.78 is 0. The molecule has 6 nitrogen and oxygen atoms in total. The molecular weight excluding hydrogens is 270 g/mol. The van der Waals surface area contributed by atoms with Gasteiger partial charge in [0.2, 0.25) is 5.91 Å². The van der Waals surface area contributed by atoms with Crippen molar-refractivity contribution < 1.29 is 14.7 Å². The van der Waals surface area contributed by atoms with E-state index in [1.807, 2.05) is 0 Å². The van der Waals surface area contributed by atoms with Crippen LogP contribution in [-0.2, 0) is 9.59 Å². The maximum absolute atomic E-state index is 12.0. The van der Waals surface area contributed by atoms with Crippen LogP contribution >= 0.6 is 0 Å². The summed E-state index contributed by atoms with van der Waals surface area (Å²) in [4.78, 5) is 23.2. The highest BCUT2D eigenvalue weighted by molar-refractivity contribution is 5.81. The molecule has 0 aromatic carbocycles. The van der Waals surface area contributed by atoms with Gasteiger partial charge in [0.25, 0.3) is 0 Å². The maximum Gasteiger partial charge on any atom is 0.310 e. The normalized spacial score (nSPS) is 33.9. The zero-order chi connectivity index (χ0) is 15.1.